The van der Waals surface area contributed by atoms with E-state index in [9.17, 15) is 4.79 Å². The van der Waals surface area contributed by atoms with Gasteiger partial charge in [0.25, 0.3) is 11.4 Å². The second-order valence-electron chi connectivity index (χ2n) is 4.19. The van der Waals surface area contributed by atoms with Gasteiger partial charge in [0.1, 0.15) is 17.3 Å². The molecule has 3 aromatic heterocycles. The summed E-state index contributed by atoms with van der Waals surface area (Å²) in [6.07, 6.45) is 1.82. The molecule has 0 aliphatic heterocycles. The van der Waals surface area contributed by atoms with Gasteiger partial charge in [-0.2, -0.15) is 14.9 Å². The van der Waals surface area contributed by atoms with E-state index in [0.29, 0.717) is 29.2 Å². The lowest BCUT2D eigenvalue weighted by atomic mass is 10.1. The Hall–Kier alpha value is -2.95. The number of nitrogens with zero attached hydrogens (tertiary/aromatic N) is 5. The molecule has 0 saturated heterocycles. The molecule has 0 atom stereocenters. The van der Waals surface area contributed by atoms with E-state index >= 15 is 0 Å². The fourth-order valence-electron chi connectivity index (χ4n) is 2.04. The summed E-state index contributed by atoms with van der Waals surface area (Å²) in [6.45, 7) is 3.51. The third kappa shape index (κ3) is 1.60. The molecule has 8 heteroatoms. The van der Waals surface area contributed by atoms with Crippen LogP contribution in [-0.2, 0) is 6.42 Å². The fourth-order valence-corrected chi connectivity index (χ4v) is 2.04. The van der Waals surface area contributed by atoms with Crippen molar-refractivity contribution in [3.8, 4) is 17.7 Å². The van der Waals surface area contributed by atoms with Crippen LogP contribution in [0.3, 0.4) is 0 Å². The van der Waals surface area contributed by atoms with Crippen LogP contribution in [0.2, 0.25) is 0 Å². The van der Waals surface area contributed by atoms with Gasteiger partial charge in [0.2, 0.25) is 5.89 Å². The van der Waals surface area contributed by atoms with E-state index in [4.69, 9.17) is 9.68 Å². The van der Waals surface area contributed by atoms with Crippen molar-refractivity contribution in [2.24, 2.45) is 0 Å². The van der Waals surface area contributed by atoms with Crippen molar-refractivity contribution in [1.82, 2.24) is 24.8 Å². The van der Waals surface area contributed by atoms with E-state index < -0.39 is 0 Å². The topological polar surface area (TPSA) is 113 Å². The van der Waals surface area contributed by atoms with E-state index in [1.54, 1.807) is 6.92 Å². The zero-order chi connectivity index (χ0) is 14.3. The summed E-state index contributed by atoms with van der Waals surface area (Å²) in [6, 6.07) is 1.98. The molecule has 0 spiro atoms. The van der Waals surface area contributed by atoms with Gasteiger partial charge in [-0.3, -0.25) is 4.79 Å². The smallest absolute Gasteiger partial charge is 0.278 e. The number of aryl methyl sites for hydroxylation is 1. The van der Waals surface area contributed by atoms with Crippen molar-refractivity contribution in [3.05, 3.63) is 33.6 Å². The fraction of sp³-hybridized carbons (Fsp3) is 0.250. The Morgan fingerprint density at radius 3 is 2.90 bits per heavy atom. The van der Waals surface area contributed by atoms with Gasteiger partial charge in [0, 0.05) is 12.5 Å². The minimum absolute atomic E-state index is 0.226. The molecule has 8 nitrogen and oxygen atoms in total. The molecule has 0 radical (unpaired) electrons. The van der Waals surface area contributed by atoms with E-state index in [1.165, 1.54) is 10.7 Å². The number of rotatable bonds is 2. The van der Waals surface area contributed by atoms with E-state index in [1.807, 2.05) is 13.0 Å². The molecule has 0 aromatic carbocycles. The van der Waals surface area contributed by atoms with Gasteiger partial charge in [-0.05, 0) is 6.42 Å². The Morgan fingerprint density at radius 1 is 1.50 bits per heavy atom. The molecular weight excluding hydrogens is 260 g/mol. The molecule has 20 heavy (non-hydrogen) atoms. The predicted octanol–water partition coefficient (Wildman–Crippen LogP) is 0.815. The highest BCUT2D eigenvalue weighted by Crippen LogP contribution is 2.20. The van der Waals surface area contributed by atoms with Crippen molar-refractivity contribution >= 4 is 5.65 Å². The van der Waals surface area contributed by atoms with Gasteiger partial charge in [-0.1, -0.05) is 6.92 Å². The molecule has 0 unspecified atom stereocenters. The predicted molar refractivity (Wildman–Crippen MR) is 67.9 cm³/mol. The second-order valence-corrected chi connectivity index (χ2v) is 4.19. The second kappa shape index (κ2) is 4.31. The van der Waals surface area contributed by atoms with Crippen molar-refractivity contribution in [2.75, 3.05) is 0 Å². The summed E-state index contributed by atoms with van der Waals surface area (Å²) in [5, 5.41) is 20.6. The molecule has 0 saturated carbocycles. The van der Waals surface area contributed by atoms with Crippen LogP contribution in [-0.4, -0.2) is 24.8 Å². The Labute approximate surface area is 112 Å². The lowest BCUT2D eigenvalue weighted by Crippen LogP contribution is -2.21. The Bertz CT molecular complexity index is 895. The van der Waals surface area contributed by atoms with Crippen LogP contribution in [0, 0.1) is 18.3 Å². The van der Waals surface area contributed by atoms with E-state index in [-0.39, 0.29) is 17.0 Å². The summed E-state index contributed by atoms with van der Waals surface area (Å²) in [7, 11) is 0. The van der Waals surface area contributed by atoms with E-state index in [2.05, 4.69) is 20.3 Å². The van der Waals surface area contributed by atoms with Gasteiger partial charge in [0.15, 0.2) is 5.65 Å². The molecule has 0 aliphatic carbocycles. The highest BCUT2D eigenvalue weighted by Gasteiger charge is 2.19. The van der Waals surface area contributed by atoms with Crippen LogP contribution < -0.4 is 5.56 Å². The SMILES string of the molecule is CCc1c(-c2nnc(C)o2)[nH]c2c(C#N)cnn2c1=O. The Morgan fingerprint density at radius 2 is 2.30 bits per heavy atom. The number of aromatic amines is 1. The van der Waals surface area contributed by atoms with Crippen LogP contribution in [0.15, 0.2) is 15.4 Å². The number of aromatic nitrogens is 5. The molecule has 0 amide bonds. The van der Waals surface area contributed by atoms with Crippen LogP contribution in [0.4, 0.5) is 0 Å². The monoisotopic (exact) mass is 270 g/mol. The molecule has 100 valence electrons. The van der Waals surface area contributed by atoms with Gasteiger partial charge in [-0.25, -0.2) is 0 Å². The van der Waals surface area contributed by atoms with Crippen molar-refractivity contribution in [1.29, 1.82) is 5.26 Å². The first kappa shape index (κ1) is 12.1. The molecule has 3 aromatic rings. The Balaban J connectivity index is 2.41. The summed E-state index contributed by atoms with van der Waals surface area (Å²) >= 11 is 0. The first-order valence-electron chi connectivity index (χ1n) is 5.99. The van der Waals surface area contributed by atoms with Gasteiger partial charge in [-0.15, -0.1) is 10.2 Å². The lowest BCUT2D eigenvalue weighted by Gasteiger charge is -2.04. The molecule has 3 heterocycles. The number of hydrogen-bond acceptors (Lipinski definition) is 6. The molecule has 3 rings (SSSR count). The van der Waals surface area contributed by atoms with Crippen LogP contribution >= 0.6 is 0 Å². The Kier molecular flexibility index (Phi) is 2.61. The third-order valence-electron chi connectivity index (χ3n) is 2.98. The van der Waals surface area contributed by atoms with Crippen molar-refractivity contribution < 1.29 is 4.42 Å². The van der Waals surface area contributed by atoms with Crippen molar-refractivity contribution in [2.45, 2.75) is 20.3 Å². The quantitative estimate of drug-likeness (QED) is 0.737. The summed E-state index contributed by atoms with van der Waals surface area (Å²) in [5.41, 5.74) is 1.22. The van der Waals surface area contributed by atoms with Gasteiger partial charge in [0.05, 0.1) is 6.20 Å². The number of fused-ring (bicyclic) bond motifs is 1. The maximum atomic E-state index is 12.4. The van der Waals surface area contributed by atoms with E-state index in [0.717, 1.165) is 0 Å². The minimum atomic E-state index is -0.298. The zero-order valence-corrected chi connectivity index (χ0v) is 10.8. The highest BCUT2D eigenvalue weighted by molar-refractivity contribution is 5.61. The minimum Gasteiger partial charge on any atom is -0.420 e. The molecule has 0 aliphatic rings. The number of nitriles is 1. The molecule has 0 bridgehead atoms. The first-order chi connectivity index (χ1) is 9.65. The summed E-state index contributed by atoms with van der Waals surface area (Å²) in [4.78, 5) is 15.4. The highest BCUT2D eigenvalue weighted by atomic mass is 16.4. The summed E-state index contributed by atoms with van der Waals surface area (Å²) in [5.74, 6) is 0.626. The molecular formula is C12H10N6O2. The average molecular weight is 270 g/mol. The van der Waals surface area contributed by atoms with Crippen LogP contribution in [0.1, 0.15) is 23.9 Å². The lowest BCUT2D eigenvalue weighted by molar-refractivity contribution is 0.530. The largest absolute Gasteiger partial charge is 0.420 e. The third-order valence-corrected chi connectivity index (χ3v) is 2.98. The summed E-state index contributed by atoms with van der Waals surface area (Å²) < 4.78 is 6.53. The number of H-pyrrole nitrogens is 1. The molecule has 0 fully saturated rings. The maximum Gasteiger partial charge on any atom is 0.278 e. The average Bonchev–Trinajstić information content (AvgIpc) is 3.04. The van der Waals surface area contributed by atoms with Crippen molar-refractivity contribution in [3.63, 3.8) is 0 Å². The van der Waals surface area contributed by atoms with Crippen LogP contribution in [0.25, 0.3) is 17.2 Å². The number of nitrogens with one attached hydrogen (secondary N) is 1. The maximum absolute atomic E-state index is 12.4. The van der Waals surface area contributed by atoms with Gasteiger partial charge < -0.3 is 9.40 Å². The molecule has 1 N–H and O–H groups in total. The van der Waals surface area contributed by atoms with Gasteiger partial charge >= 0.3 is 0 Å². The zero-order valence-electron chi connectivity index (χ0n) is 10.8. The standard InChI is InChI=1S/C12H10N6O2/c1-3-8-9(11-17-16-6(2)20-11)15-10-7(4-13)5-14-18(10)12(8)19/h5,15H,3H2,1-2H3. The normalized spacial score (nSPS) is 10.8. The number of hydrogen-bond donors (Lipinski definition) is 1. The van der Waals surface area contributed by atoms with Crippen LogP contribution in [0.5, 0.6) is 0 Å². The first-order valence-corrected chi connectivity index (χ1v) is 5.99.